The molecule has 0 amide bonds. The molecule has 1 heterocycles. The van der Waals surface area contributed by atoms with E-state index in [0.717, 1.165) is 0 Å². The minimum absolute atomic E-state index is 0.418. The normalized spacial score (nSPS) is 11.9. The molecular weight excluding hydrogens is 250 g/mol. The molecule has 19 heavy (non-hydrogen) atoms. The number of carboxylic acids is 1. The molecule has 1 atom stereocenters. The van der Waals surface area contributed by atoms with Gasteiger partial charge < -0.3 is 19.9 Å². The molecule has 0 saturated carbocycles. The quantitative estimate of drug-likeness (QED) is 0.650. The van der Waals surface area contributed by atoms with Gasteiger partial charge in [0.25, 0.3) is 0 Å². The van der Waals surface area contributed by atoms with E-state index in [1.54, 1.807) is 13.2 Å². The van der Waals surface area contributed by atoms with Crippen LogP contribution < -0.4 is 10.1 Å². The van der Waals surface area contributed by atoms with Gasteiger partial charge in [0.1, 0.15) is 18.2 Å². The topological polar surface area (TPSA) is 93.6 Å². The Balaban J connectivity index is 2.62. The first kappa shape index (κ1) is 15.2. The van der Waals surface area contributed by atoms with Gasteiger partial charge in [0, 0.05) is 19.8 Å². The molecule has 0 radical (unpaired) electrons. The first-order chi connectivity index (χ1) is 9.17. The predicted molar refractivity (Wildman–Crippen MR) is 69.4 cm³/mol. The van der Waals surface area contributed by atoms with Crippen LogP contribution in [0, 0.1) is 0 Å². The molecule has 1 aromatic heterocycles. The smallest absolute Gasteiger partial charge is 0.326 e. The molecular formula is C12H19N3O4. The number of nitrogens with zero attached hydrogens (tertiary/aromatic N) is 2. The summed E-state index contributed by atoms with van der Waals surface area (Å²) in [6, 6.07) is 0.870. The summed E-state index contributed by atoms with van der Waals surface area (Å²) in [7, 11) is 1.59. The SMILES string of the molecule is CCOc1cc(NC(CCCOC)C(=O)O)ncn1. The molecule has 0 aliphatic carbocycles. The van der Waals surface area contributed by atoms with Crippen LogP contribution in [0.25, 0.3) is 0 Å². The van der Waals surface area contributed by atoms with Crippen LogP contribution in [0.5, 0.6) is 5.88 Å². The number of rotatable bonds is 9. The van der Waals surface area contributed by atoms with Gasteiger partial charge in [-0.2, -0.15) is 0 Å². The average Bonchev–Trinajstić information content (AvgIpc) is 2.38. The van der Waals surface area contributed by atoms with Crippen molar-refractivity contribution in [2.45, 2.75) is 25.8 Å². The van der Waals surface area contributed by atoms with E-state index in [0.29, 0.717) is 37.8 Å². The largest absolute Gasteiger partial charge is 0.480 e. The number of aromatic nitrogens is 2. The Morgan fingerprint density at radius 2 is 2.32 bits per heavy atom. The highest BCUT2D eigenvalue weighted by molar-refractivity contribution is 5.76. The zero-order chi connectivity index (χ0) is 14.1. The lowest BCUT2D eigenvalue weighted by atomic mass is 10.1. The number of hydrogen-bond acceptors (Lipinski definition) is 6. The summed E-state index contributed by atoms with van der Waals surface area (Å²) >= 11 is 0. The molecule has 2 N–H and O–H groups in total. The number of anilines is 1. The first-order valence-electron chi connectivity index (χ1n) is 6.10. The highest BCUT2D eigenvalue weighted by Gasteiger charge is 2.17. The van der Waals surface area contributed by atoms with Gasteiger partial charge in [0.15, 0.2) is 0 Å². The number of carbonyl (C=O) groups is 1. The standard InChI is InChI=1S/C12H19N3O4/c1-3-19-11-7-10(13-8-14-11)15-9(12(16)17)5-4-6-18-2/h7-9H,3-6H2,1-2H3,(H,16,17)(H,13,14,15). The van der Waals surface area contributed by atoms with E-state index in [-0.39, 0.29) is 0 Å². The fourth-order valence-electron chi connectivity index (χ4n) is 1.51. The maximum absolute atomic E-state index is 11.1. The van der Waals surface area contributed by atoms with Gasteiger partial charge in [-0.3, -0.25) is 0 Å². The summed E-state index contributed by atoms with van der Waals surface area (Å²) < 4.78 is 10.1. The molecule has 0 saturated heterocycles. The lowest BCUT2D eigenvalue weighted by molar-refractivity contribution is -0.138. The Morgan fingerprint density at radius 3 is 2.95 bits per heavy atom. The maximum Gasteiger partial charge on any atom is 0.326 e. The minimum Gasteiger partial charge on any atom is -0.480 e. The highest BCUT2D eigenvalue weighted by atomic mass is 16.5. The molecule has 0 aliphatic rings. The molecule has 1 unspecified atom stereocenters. The number of ether oxygens (including phenoxy) is 2. The van der Waals surface area contributed by atoms with E-state index in [1.807, 2.05) is 6.92 Å². The number of nitrogens with one attached hydrogen (secondary N) is 1. The van der Waals surface area contributed by atoms with Crippen LogP contribution in [-0.4, -0.2) is 47.4 Å². The number of aliphatic carboxylic acids is 1. The third kappa shape index (κ3) is 5.52. The number of carboxylic acid groups (broad SMARTS) is 1. The van der Waals surface area contributed by atoms with Gasteiger partial charge in [0.2, 0.25) is 5.88 Å². The van der Waals surface area contributed by atoms with E-state index < -0.39 is 12.0 Å². The molecule has 0 aromatic carbocycles. The lowest BCUT2D eigenvalue weighted by Crippen LogP contribution is -2.30. The Morgan fingerprint density at radius 1 is 1.53 bits per heavy atom. The second-order valence-electron chi connectivity index (χ2n) is 3.84. The van der Waals surface area contributed by atoms with Crippen LogP contribution in [0.1, 0.15) is 19.8 Å². The van der Waals surface area contributed by atoms with E-state index >= 15 is 0 Å². The van der Waals surface area contributed by atoms with E-state index in [2.05, 4.69) is 15.3 Å². The van der Waals surface area contributed by atoms with Crippen LogP contribution in [0.15, 0.2) is 12.4 Å². The van der Waals surface area contributed by atoms with Crippen LogP contribution in [0.2, 0.25) is 0 Å². The predicted octanol–water partition coefficient (Wildman–Crippen LogP) is 1.17. The lowest BCUT2D eigenvalue weighted by Gasteiger charge is -2.15. The van der Waals surface area contributed by atoms with E-state index in [9.17, 15) is 4.79 Å². The van der Waals surface area contributed by atoms with Gasteiger partial charge >= 0.3 is 5.97 Å². The summed E-state index contributed by atoms with van der Waals surface area (Å²) in [5.74, 6) is -0.0722. The average molecular weight is 269 g/mol. The van der Waals surface area contributed by atoms with Gasteiger partial charge in [-0.1, -0.05) is 0 Å². The van der Waals surface area contributed by atoms with Crippen molar-refractivity contribution in [3.05, 3.63) is 12.4 Å². The fraction of sp³-hybridized carbons (Fsp3) is 0.583. The van der Waals surface area contributed by atoms with Gasteiger partial charge in [-0.15, -0.1) is 0 Å². The Bertz CT molecular complexity index is 400. The van der Waals surface area contributed by atoms with Crippen molar-refractivity contribution >= 4 is 11.8 Å². The molecule has 106 valence electrons. The highest BCUT2D eigenvalue weighted by Crippen LogP contribution is 2.13. The van der Waals surface area contributed by atoms with Crippen molar-refractivity contribution in [1.82, 2.24) is 9.97 Å². The zero-order valence-corrected chi connectivity index (χ0v) is 11.1. The monoisotopic (exact) mass is 269 g/mol. The van der Waals surface area contributed by atoms with Crippen LogP contribution in [0.4, 0.5) is 5.82 Å². The Kier molecular flexibility index (Phi) is 6.59. The second-order valence-corrected chi connectivity index (χ2v) is 3.84. The number of hydrogen-bond donors (Lipinski definition) is 2. The number of methoxy groups -OCH3 is 1. The summed E-state index contributed by atoms with van der Waals surface area (Å²) in [6.07, 6.45) is 2.45. The molecule has 7 heteroatoms. The fourth-order valence-corrected chi connectivity index (χ4v) is 1.51. The van der Waals surface area contributed by atoms with E-state index in [4.69, 9.17) is 14.6 Å². The second kappa shape index (κ2) is 8.25. The molecule has 7 nitrogen and oxygen atoms in total. The van der Waals surface area contributed by atoms with Crippen molar-refractivity contribution in [2.24, 2.45) is 0 Å². The van der Waals surface area contributed by atoms with Crippen molar-refractivity contribution in [3.8, 4) is 5.88 Å². The summed E-state index contributed by atoms with van der Waals surface area (Å²) in [4.78, 5) is 19.0. The molecule has 0 fully saturated rings. The van der Waals surface area contributed by atoms with Gasteiger partial charge in [-0.05, 0) is 19.8 Å². The maximum atomic E-state index is 11.1. The molecule has 1 rings (SSSR count). The van der Waals surface area contributed by atoms with Crippen molar-refractivity contribution in [2.75, 3.05) is 25.6 Å². The summed E-state index contributed by atoms with van der Waals surface area (Å²) in [5, 5.41) is 12.0. The zero-order valence-electron chi connectivity index (χ0n) is 11.1. The molecule has 0 bridgehead atoms. The van der Waals surface area contributed by atoms with Gasteiger partial charge in [0.05, 0.1) is 6.61 Å². The van der Waals surface area contributed by atoms with Crippen LogP contribution in [-0.2, 0) is 9.53 Å². The minimum atomic E-state index is -0.923. The first-order valence-corrected chi connectivity index (χ1v) is 6.10. The van der Waals surface area contributed by atoms with Crippen LogP contribution >= 0.6 is 0 Å². The molecule has 1 aromatic rings. The third-order valence-electron chi connectivity index (χ3n) is 2.40. The Labute approximate surface area is 112 Å². The summed E-state index contributed by atoms with van der Waals surface area (Å²) in [6.45, 7) is 2.87. The van der Waals surface area contributed by atoms with Crippen molar-refractivity contribution in [3.63, 3.8) is 0 Å². The van der Waals surface area contributed by atoms with E-state index in [1.165, 1.54) is 6.33 Å². The molecule has 0 aliphatic heterocycles. The summed E-state index contributed by atoms with van der Waals surface area (Å²) in [5.41, 5.74) is 0. The van der Waals surface area contributed by atoms with Gasteiger partial charge in [-0.25, -0.2) is 14.8 Å². The Hall–Kier alpha value is -1.89. The molecule has 0 spiro atoms. The van der Waals surface area contributed by atoms with Crippen LogP contribution in [0.3, 0.4) is 0 Å². The van der Waals surface area contributed by atoms with Crippen molar-refractivity contribution < 1.29 is 19.4 Å². The van der Waals surface area contributed by atoms with Crippen molar-refractivity contribution in [1.29, 1.82) is 0 Å². The third-order valence-corrected chi connectivity index (χ3v) is 2.40.